The van der Waals surface area contributed by atoms with Gasteiger partial charge in [-0.25, -0.2) is 0 Å². The van der Waals surface area contributed by atoms with Crippen LogP contribution >= 0.6 is 0 Å². The summed E-state index contributed by atoms with van der Waals surface area (Å²) in [5.74, 6) is 0. The van der Waals surface area contributed by atoms with Crippen molar-refractivity contribution in [2.24, 2.45) is 0 Å². The van der Waals surface area contributed by atoms with Gasteiger partial charge in [0, 0.05) is 0 Å². The van der Waals surface area contributed by atoms with Crippen LogP contribution < -0.4 is 0 Å². The van der Waals surface area contributed by atoms with E-state index >= 15 is 0 Å². The fraction of sp³-hybridized carbons (Fsp3) is 1.00. The molecule has 0 aliphatic rings. The van der Waals surface area contributed by atoms with Gasteiger partial charge in [0.25, 0.3) is 0 Å². The Kier molecular flexibility index (Phi) is 11.0. The van der Waals surface area contributed by atoms with Gasteiger partial charge >= 0.3 is 0 Å². The Morgan fingerprint density at radius 1 is 0.588 bits per heavy atom. The molecule has 0 bridgehead atoms. The molecule has 0 heterocycles. The van der Waals surface area contributed by atoms with Gasteiger partial charge in [-0.15, -0.1) is 0 Å². The lowest BCUT2D eigenvalue weighted by atomic mass is 9.86. The van der Waals surface area contributed by atoms with E-state index in [0.717, 1.165) is 19.3 Å². The molecule has 0 amide bonds. The SMILES string of the molecule is CCCCCCCC(O)(CCCC)CCCC. The van der Waals surface area contributed by atoms with Crippen molar-refractivity contribution in [1.82, 2.24) is 0 Å². The van der Waals surface area contributed by atoms with E-state index in [-0.39, 0.29) is 5.60 Å². The molecule has 0 aromatic heterocycles. The molecule has 0 aromatic carbocycles. The molecule has 1 nitrogen and oxygen atoms in total. The first kappa shape index (κ1) is 17.0. The van der Waals surface area contributed by atoms with Crippen LogP contribution in [0.3, 0.4) is 0 Å². The van der Waals surface area contributed by atoms with Crippen molar-refractivity contribution in [3.63, 3.8) is 0 Å². The van der Waals surface area contributed by atoms with Gasteiger partial charge in [0.15, 0.2) is 0 Å². The summed E-state index contributed by atoms with van der Waals surface area (Å²) in [6, 6.07) is 0. The summed E-state index contributed by atoms with van der Waals surface area (Å²) in [5.41, 5.74) is -0.349. The lowest BCUT2D eigenvalue weighted by Crippen LogP contribution is -2.28. The number of hydrogen-bond donors (Lipinski definition) is 1. The molecule has 0 unspecified atom stereocenters. The van der Waals surface area contributed by atoms with Crippen LogP contribution in [0.1, 0.15) is 97.8 Å². The highest BCUT2D eigenvalue weighted by Gasteiger charge is 2.24. The van der Waals surface area contributed by atoms with E-state index in [2.05, 4.69) is 20.8 Å². The molecule has 0 radical (unpaired) electrons. The van der Waals surface area contributed by atoms with Crippen molar-refractivity contribution >= 4 is 0 Å². The molecule has 0 saturated carbocycles. The van der Waals surface area contributed by atoms with E-state index in [1.54, 1.807) is 0 Å². The lowest BCUT2D eigenvalue weighted by molar-refractivity contribution is 0.00789. The van der Waals surface area contributed by atoms with Crippen LogP contribution in [0.25, 0.3) is 0 Å². The zero-order valence-corrected chi connectivity index (χ0v) is 12.4. The van der Waals surface area contributed by atoms with E-state index in [4.69, 9.17) is 0 Å². The summed E-state index contributed by atoms with van der Waals surface area (Å²) >= 11 is 0. The average molecular weight is 242 g/mol. The van der Waals surface area contributed by atoms with Gasteiger partial charge in [-0.2, -0.15) is 0 Å². The lowest BCUT2D eigenvalue weighted by Gasteiger charge is -2.28. The summed E-state index contributed by atoms with van der Waals surface area (Å²) in [6.07, 6.45) is 14.3. The molecule has 0 fully saturated rings. The second-order valence-electron chi connectivity index (χ2n) is 5.60. The Labute approximate surface area is 109 Å². The van der Waals surface area contributed by atoms with Crippen molar-refractivity contribution < 1.29 is 5.11 Å². The van der Waals surface area contributed by atoms with Crippen LogP contribution in [-0.2, 0) is 0 Å². The predicted molar refractivity (Wildman–Crippen MR) is 77.4 cm³/mol. The third-order valence-corrected chi connectivity index (χ3v) is 3.74. The predicted octanol–water partition coefficient (Wildman–Crippen LogP) is 5.46. The maximum Gasteiger partial charge on any atom is 0.0647 e. The standard InChI is InChI=1S/C16H34O/c1-4-7-10-11-12-15-16(17,13-8-5-2)14-9-6-3/h17H,4-15H2,1-3H3. The maximum absolute atomic E-state index is 10.6. The Hall–Kier alpha value is -0.0400. The van der Waals surface area contributed by atoms with E-state index in [0.29, 0.717) is 0 Å². The Morgan fingerprint density at radius 2 is 1.00 bits per heavy atom. The summed E-state index contributed by atoms with van der Waals surface area (Å²) in [4.78, 5) is 0. The molecule has 0 aliphatic heterocycles. The van der Waals surface area contributed by atoms with Crippen LogP contribution in [0.15, 0.2) is 0 Å². The number of unbranched alkanes of at least 4 members (excludes halogenated alkanes) is 6. The molecule has 0 aromatic rings. The van der Waals surface area contributed by atoms with Crippen LogP contribution in [-0.4, -0.2) is 10.7 Å². The Morgan fingerprint density at radius 3 is 1.47 bits per heavy atom. The average Bonchev–Trinajstić information content (AvgIpc) is 2.34. The number of aliphatic hydroxyl groups is 1. The Bertz CT molecular complexity index is 146. The minimum Gasteiger partial charge on any atom is -0.390 e. The smallest absolute Gasteiger partial charge is 0.0647 e. The van der Waals surface area contributed by atoms with Gasteiger partial charge in [0.2, 0.25) is 0 Å². The van der Waals surface area contributed by atoms with Crippen LogP contribution in [0.4, 0.5) is 0 Å². The number of rotatable bonds is 12. The van der Waals surface area contributed by atoms with Crippen molar-refractivity contribution in [2.75, 3.05) is 0 Å². The largest absolute Gasteiger partial charge is 0.390 e. The summed E-state index contributed by atoms with van der Waals surface area (Å²) in [6.45, 7) is 6.67. The van der Waals surface area contributed by atoms with Crippen LogP contribution in [0.2, 0.25) is 0 Å². The molecule has 0 saturated heterocycles. The maximum atomic E-state index is 10.6. The van der Waals surface area contributed by atoms with E-state index in [9.17, 15) is 5.11 Å². The summed E-state index contributed by atoms with van der Waals surface area (Å²) in [5, 5.41) is 10.6. The highest BCUT2D eigenvalue weighted by atomic mass is 16.3. The van der Waals surface area contributed by atoms with Gasteiger partial charge in [0.1, 0.15) is 0 Å². The number of hydrogen-bond acceptors (Lipinski definition) is 1. The molecular formula is C16H34O. The van der Waals surface area contributed by atoms with E-state index < -0.39 is 0 Å². The molecule has 1 heteroatoms. The molecule has 0 atom stereocenters. The zero-order valence-electron chi connectivity index (χ0n) is 12.4. The molecule has 104 valence electrons. The minimum absolute atomic E-state index is 0.349. The first-order valence-corrected chi connectivity index (χ1v) is 7.91. The van der Waals surface area contributed by atoms with Gasteiger partial charge in [-0.3, -0.25) is 0 Å². The van der Waals surface area contributed by atoms with Crippen LogP contribution in [0.5, 0.6) is 0 Å². The highest BCUT2D eigenvalue weighted by Crippen LogP contribution is 2.27. The van der Waals surface area contributed by atoms with Crippen molar-refractivity contribution in [2.45, 2.75) is 103 Å². The molecule has 17 heavy (non-hydrogen) atoms. The van der Waals surface area contributed by atoms with Crippen molar-refractivity contribution in [3.8, 4) is 0 Å². The van der Waals surface area contributed by atoms with Gasteiger partial charge in [-0.1, -0.05) is 78.6 Å². The van der Waals surface area contributed by atoms with Crippen molar-refractivity contribution in [1.29, 1.82) is 0 Å². The first-order chi connectivity index (χ1) is 8.18. The fourth-order valence-electron chi connectivity index (χ4n) is 2.44. The van der Waals surface area contributed by atoms with Gasteiger partial charge in [0.05, 0.1) is 5.60 Å². The van der Waals surface area contributed by atoms with E-state index in [1.165, 1.54) is 57.8 Å². The quantitative estimate of drug-likeness (QED) is 0.451. The third kappa shape index (κ3) is 9.64. The first-order valence-electron chi connectivity index (χ1n) is 7.91. The second kappa shape index (κ2) is 11.1. The topological polar surface area (TPSA) is 20.2 Å². The minimum atomic E-state index is -0.349. The van der Waals surface area contributed by atoms with Crippen molar-refractivity contribution in [3.05, 3.63) is 0 Å². The molecule has 0 rings (SSSR count). The second-order valence-corrected chi connectivity index (χ2v) is 5.60. The third-order valence-electron chi connectivity index (χ3n) is 3.74. The summed E-state index contributed by atoms with van der Waals surface area (Å²) in [7, 11) is 0. The molecule has 1 N–H and O–H groups in total. The van der Waals surface area contributed by atoms with E-state index in [1.807, 2.05) is 0 Å². The Balaban J connectivity index is 3.82. The molecule has 0 spiro atoms. The molecule has 0 aliphatic carbocycles. The summed E-state index contributed by atoms with van der Waals surface area (Å²) < 4.78 is 0. The molecular weight excluding hydrogens is 208 g/mol. The van der Waals surface area contributed by atoms with Gasteiger partial charge < -0.3 is 5.11 Å². The zero-order chi connectivity index (χ0) is 13.0. The normalized spacial score (nSPS) is 12.0. The monoisotopic (exact) mass is 242 g/mol. The van der Waals surface area contributed by atoms with Gasteiger partial charge in [-0.05, 0) is 19.3 Å². The highest BCUT2D eigenvalue weighted by molar-refractivity contribution is 4.78. The fourth-order valence-corrected chi connectivity index (χ4v) is 2.44. The van der Waals surface area contributed by atoms with Crippen LogP contribution in [0, 0.1) is 0 Å².